The number of nitrogens with one attached hydrogen (secondary N) is 1. The summed E-state index contributed by atoms with van der Waals surface area (Å²) in [5, 5.41) is 9.35. The van der Waals surface area contributed by atoms with Gasteiger partial charge in [-0.1, -0.05) is 30.7 Å². The van der Waals surface area contributed by atoms with E-state index in [1.165, 1.54) is 6.33 Å². The fraction of sp³-hybridized carbons (Fsp3) is 0.280. The van der Waals surface area contributed by atoms with Crippen LogP contribution in [-0.2, 0) is 15.8 Å². The summed E-state index contributed by atoms with van der Waals surface area (Å²) in [7, 11) is 0. The molecule has 2 atom stereocenters. The summed E-state index contributed by atoms with van der Waals surface area (Å²) in [4.78, 5) is 29.1. The van der Waals surface area contributed by atoms with Crippen LogP contribution in [0.5, 0.6) is 0 Å². The molecule has 0 saturated heterocycles. The number of alkyl halides is 3. The quantitative estimate of drug-likeness (QED) is 0.351. The van der Waals surface area contributed by atoms with Crippen molar-refractivity contribution in [2.45, 2.75) is 37.8 Å². The lowest BCUT2D eigenvalue weighted by Crippen LogP contribution is -2.28. The van der Waals surface area contributed by atoms with Crippen LogP contribution in [0.3, 0.4) is 0 Å². The van der Waals surface area contributed by atoms with Crippen molar-refractivity contribution in [1.29, 1.82) is 0 Å². The highest BCUT2D eigenvalue weighted by Crippen LogP contribution is 2.38. The van der Waals surface area contributed by atoms with E-state index in [-0.39, 0.29) is 29.9 Å². The molecule has 1 aliphatic carbocycles. The molecule has 3 aromatic rings. The molecule has 0 bridgehead atoms. The van der Waals surface area contributed by atoms with E-state index in [1.807, 2.05) is 24.3 Å². The van der Waals surface area contributed by atoms with Crippen LogP contribution in [0.2, 0.25) is 0 Å². The molecule has 35 heavy (non-hydrogen) atoms. The van der Waals surface area contributed by atoms with E-state index < -0.39 is 17.6 Å². The third kappa shape index (κ3) is 6.84. The number of benzene rings is 2. The molecule has 0 radical (unpaired) electrons. The summed E-state index contributed by atoms with van der Waals surface area (Å²) >= 11 is 0. The maximum absolute atomic E-state index is 14.1. The number of hydrogen-bond donors (Lipinski definition) is 2. The zero-order valence-corrected chi connectivity index (χ0v) is 18.5. The Morgan fingerprint density at radius 2 is 1.69 bits per heavy atom. The lowest BCUT2D eigenvalue weighted by Gasteiger charge is -2.29. The van der Waals surface area contributed by atoms with Crippen molar-refractivity contribution in [1.82, 2.24) is 9.97 Å². The molecule has 2 N–H and O–H groups in total. The maximum Gasteiger partial charge on any atom is 0.416 e. The average Bonchev–Trinajstić information content (AvgIpc) is 2.86. The zero-order valence-electron chi connectivity index (χ0n) is 18.5. The average molecular weight is 489 g/mol. The third-order valence-electron chi connectivity index (χ3n) is 5.88. The number of aromatic nitrogens is 2. The molecular weight excluding hydrogens is 466 g/mol. The molecule has 2 unspecified atom stereocenters. The summed E-state index contributed by atoms with van der Waals surface area (Å²) in [5.41, 5.74) is 1.70. The smallest absolute Gasteiger partial charge is 0.416 e. The first kappa shape index (κ1) is 25.8. The summed E-state index contributed by atoms with van der Waals surface area (Å²) < 4.78 is 52.3. The monoisotopic (exact) mass is 489 g/mol. The second-order valence-electron chi connectivity index (χ2n) is 8.10. The standard InChI is InChI=1S/C24H21F4N3O.CH2O2/c25-21-11-20(24(26,27)28)8-9-22(21)31-23(32)18-3-1-2-17(10-18)15-4-6-16(7-5-15)19-12-29-14-30-13-19;2-1-3/h4-9,11-14,17-18H,1-3,10H2,(H,31,32);1H,(H,2,3). The number of nitrogens with zero attached hydrogens (tertiary/aromatic N) is 2. The third-order valence-corrected chi connectivity index (χ3v) is 5.88. The highest BCUT2D eigenvalue weighted by Gasteiger charge is 2.32. The Labute approximate surface area is 199 Å². The summed E-state index contributed by atoms with van der Waals surface area (Å²) in [5.74, 6) is -1.62. The highest BCUT2D eigenvalue weighted by atomic mass is 19.4. The number of rotatable bonds is 4. The molecule has 4 rings (SSSR count). The molecule has 6 nitrogen and oxygen atoms in total. The van der Waals surface area contributed by atoms with Gasteiger partial charge in [0.15, 0.2) is 0 Å². The number of amides is 1. The van der Waals surface area contributed by atoms with Gasteiger partial charge in [-0.25, -0.2) is 14.4 Å². The van der Waals surface area contributed by atoms with Gasteiger partial charge >= 0.3 is 6.18 Å². The number of carboxylic acid groups (broad SMARTS) is 1. The molecule has 1 aliphatic rings. The van der Waals surface area contributed by atoms with Crippen molar-refractivity contribution >= 4 is 18.1 Å². The van der Waals surface area contributed by atoms with Gasteiger partial charge in [-0.05, 0) is 54.5 Å². The second-order valence-corrected chi connectivity index (χ2v) is 8.10. The Bertz CT molecular complexity index is 1140. The number of anilines is 1. The predicted octanol–water partition coefficient (Wildman–Crippen LogP) is 5.91. The minimum Gasteiger partial charge on any atom is -0.483 e. The van der Waals surface area contributed by atoms with Gasteiger partial charge in [-0.3, -0.25) is 9.59 Å². The van der Waals surface area contributed by atoms with Crippen molar-refractivity contribution in [3.8, 4) is 11.1 Å². The Kier molecular flexibility index (Phi) is 8.51. The Morgan fingerprint density at radius 1 is 1.03 bits per heavy atom. The van der Waals surface area contributed by atoms with Gasteiger partial charge in [0.05, 0.1) is 11.3 Å². The molecule has 0 spiro atoms. The summed E-state index contributed by atoms with van der Waals surface area (Å²) in [6.07, 6.45) is 3.35. The largest absolute Gasteiger partial charge is 0.483 e. The first-order valence-corrected chi connectivity index (χ1v) is 10.8. The van der Waals surface area contributed by atoms with E-state index in [9.17, 15) is 22.4 Å². The van der Waals surface area contributed by atoms with Crippen molar-refractivity contribution in [3.63, 3.8) is 0 Å². The fourth-order valence-corrected chi connectivity index (χ4v) is 4.15. The molecule has 1 saturated carbocycles. The van der Waals surface area contributed by atoms with Crippen LogP contribution in [-0.4, -0.2) is 27.5 Å². The number of hydrogen-bond acceptors (Lipinski definition) is 4. The van der Waals surface area contributed by atoms with E-state index in [1.54, 1.807) is 12.4 Å². The van der Waals surface area contributed by atoms with E-state index in [4.69, 9.17) is 9.90 Å². The minimum absolute atomic E-state index is 0.179. The molecule has 1 amide bonds. The summed E-state index contributed by atoms with van der Waals surface area (Å²) in [6, 6.07) is 10.2. The first-order valence-electron chi connectivity index (χ1n) is 10.8. The van der Waals surface area contributed by atoms with Crippen molar-refractivity contribution in [2.24, 2.45) is 5.92 Å². The van der Waals surface area contributed by atoms with Crippen molar-refractivity contribution in [2.75, 3.05) is 5.32 Å². The summed E-state index contributed by atoms with van der Waals surface area (Å²) in [6.45, 7) is -0.250. The van der Waals surface area contributed by atoms with E-state index in [0.717, 1.165) is 41.7 Å². The van der Waals surface area contributed by atoms with Crippen LogP contribution < -0.4 is 5.32 Å². The Hall–Kier alpha value is -3.82. The van der Waals surface area contributed by atoms with E-state index >= 15 is 0 Å². The normalized spacial score (nSPS) is 17.6. The van der Waals surface area contributed by atoms with Crippen LogP contribution in [0.4, 0.5) is 23.2 Å². The van der Waals surface area contributed by atoms with Gasteiger partial charge in [-0.15, -0.1) is 0 Å². The molecule has 1 aromatic heterocycles. The fourth-order valence-electron chi connectivity index (χ4n) is 4.15. The Morgan fingerprint density at radius 3 is 2.29 bits per heavy atom. The van der Waals surface area contributed by atoms with Gasteiger partial charge < -0.3 is 10.4 Å². The van der Waals surface area contributed by atoms with Gasteiger partial charge in [0, 0.05) is 23.9 Å². The number of carbonyl (C=O) groups is 2. The molecule has 0 aliphatic heterocycles. The van der Waals surface area contributed by atoms with Crippen LogP contribution in [0.1, 0.15) is 42.7 Å². The maximum atomic E-state index is 14.1. The van der Waals surface area contributed by atoms with Gasteiger partial charge in [-0.2, -0.15) is 13.2 Å². The van der Waals surface area contributed by atoms with E-state index in [0.29, 0.717) is 18.9 Å². The molecule has 1 heterocycles. The lowest BCUT2D eigenvalue weighted by molar-refractivity contribution is -0.137. The Balaban J connectivity index is 0.00000108. The topological polar surface area (TPSA) is 92.2 Å². The van der Waals surface area contributed by atoms with Gasteiger partial charge in [0.25, 0.3) is 6.47 Å². The number of carbonyl (C=O) groups excluding carboxylic acids is 1. The minimum atomic E-state index is -4.64. The predicted molar refractivity (Wildman–Crippen MR) is 121 cm³/mol. The molecule has 10 heteroatoms. The van der Waals surface area contributed by atoms with Crippen molar-refractivity contribution in [3.05, 3.63) is 78.1 Å². The van der Waals surface area contributed by atoms with Crippen molar-refractivity contribution < 1.29 is 32.3 Å². The second kappa shape index (κ2) is 11.5. The van der Waals surface area contributed by atoms with Crippen LogP contribution in [0.15, 0.2) is 61.2 Å². The van der Waals surface area contributed by atoms with Gasteiger partial charge in [0.1, 0.15) is 12.1 Å². The van der Waals surface area contributed by atoms with Crippen LogP contribution >= 0.6 is 0 Å². The highest BCUT2D eigenvalue weighted by molar-refractivity contribution is 5.92. The van der Waals surface area contributed by atoms with Gasteiger partial charge in [0.2, 0.25) is 5.91 Å². The molecular formula is C25H23F4N3O3. The lowest BCUT2D eigenvalue weighted by atomic mass is 9.77. The zero-order chi connectivity index (χ0) is 25.4. The van der Waals surface area contributed by atoms with Crippen LogP contribution in [0, 0.1) is 11.7 Å². The SMILES string of the molecule is O=C(Nc1ccc(C(F)(F)F)cc1F)C1CCCC(c2ccc(-c3cncnc3)cc2)C1.O=CO. The molecule has 1 fully saturated rings. The molecule has 2 aromatic carbocycles. The van der Waals surface area contributed by atoms with E-state index in [2.05, 4.69) is 15.3 Å². The van der Waals surface area contributed by atoms with Crippen LogP contribution in [0.25, 0.3) is 11.1 Å². The number of halogens is 4. The molecule has 184 valence electrons. The first-order chi connectivity index (χ1) is 16.7.